The monoisotopic (exact) mass is 415 g/mol. The van der Waals surface area contributed by atoms with Gasteiger partial charge in [0.1, 0.15) is 11.4 Å². The van der Waals surface area contributed by atoms with Crippen LogP contribution in [0.2, 0.25) is 0 Å². The fourth-order valence-electron chi connectivity index (χ4n) is 4.56. The summed E-state index contributed by atoms with van der Waals surface area (Å²) in [5.41, 5.74) is 1.83. The summed E-state index contributed by atoms with van der Waals surface area (Å²) in [6, 6.07) is 12.1. The minimum Gasteiger partial charge on any atom is -0.336 e. The van der Waals surface area contributed by atoms with Crippen molar-refractivity contribution in [2.24, 2.45) is 5.92 Å². The Bertz CT molecular complexity index is 1190. The SMILES string of the molecule is O=C(Nc1ccc2n(c1=O)C[C@@H]1C[C@@H]2CN(C(=O)c2ccccn2)C1)c1ccncc1. The molecule has 0 saturated carbocycles. The third kappa shape index (κ3) is 3.61. The molecule has 8 nitrogen and oxygen atoms in total. The summed E-state index contributed by atoms with van der Waals surface area (Å²) in [4.78, 5) is 48.3. The number of nitrogens with zero attached hydrogens (tertiary/aromatic N) is 4. The van der Waals surface area contributed by atoms with Gasteiger partial charge in [-0.25, -0.2) is 0 Å². The molecule has 0 aromatic carbocycles. The molecule has 31 heavy (non-hydrogen) atoms. The van der Waals surface area contributed by atoms with Gasteiger partial charge in [-0.15, -0.1) is 0 Å². The van der Waals surface area contributed by atoms with E-state index in [0.29, 0.717) is 30.9 Å². The Hall–Kier alpha value is -3.81. The molecule has 2 amide bonds. The summed E-state index contributed by atoms with van der Waals surface area (Å²) in [5.74, 6) is -0.156. The first-order valence-corrected chi connectivity index (χ1v) is 10.3. The van der Waals surface area contributed by atoms with Crippen LogP contribution in [0.4, 0.5) is 5.69 Å². The van der Waals surface area contributed by atoms with Crippen molar-refractivity contribution in [2.75, 3.05) is 18.4 Å². The molecule has 1 saturated heterocycles. The van der Waals surface area contributed by atoms with Crippen molar-refractivity contribution in [3.05, 3.63) is 88.4 Å². The number of hydrogen-bond donors (Lipinski definition) is 1. The number of aromatic nitrogens is 3. The van der Waals surface area contributed by atoms with Crippen molar-refractivity contribution < 1.29 is 9.59 Å². The summed E-state index contributed by atoms with van der Waals surface area (Å²) in [6.45, 7) is 1.66. The molecule has 5 rings (SSSR count). The number of amides is 2. The summed E-state index contributed by atoms with van der Waals surface area (Å²) in [6.07, 6.45) is 5.63. The van der Waals surface area contributed by atoms with Crippen LogP contribution in [0.3, 0.4) is 0 Å². The van der Waals surface area contributed by atoms with Crippen molar-refractivity contribution in [1.29, 1.82) is 0 Å². The number of hydrogen-bond acceptors (Lipinski definition) is 5. The van der Waals surface area contributed by atoms with Crippen LogP contribution >= 0.6 is 0 Å². The van der Waals surface area contributed by atoms with E-state index in [-0.39, 0.29) is 34.9 Å². The average molecular weight is 415 g/mol. The Morgan fingerprint density at radius 3 is 2.58 bits per heavy atom. The van der Waals surface area contributed by atoms with E-state index < -0.39 is 0 Å². The molecular weight excluding hydrogens is 394 g/mol. The third-order valence-electron chi connectivity index (χ3n) is 5.97. The zero-order valence-electron chi connectivity index (χ0n) is 16.8. The van der Waals surface area contributed by atoms with Gasteiger partial charge in [0.2, 0.25) is 0 Å². The number of likely N-dealkylation sites (tertiary alicyclic amines) is 1. The number of rotatable bonds is 3. The summed E-state index contributed by atoms with van der Waals surface area (Å²) < 4.78 is 1.75. The van der Waals surface area contributed by atoms with Gasteiger partial charge in [0, 0.05) is 55.4 Å². The lowest BCUT2D eigenvalue weighted by molar-refractivity contribution is 0.0588. The van der Waals surface area contributed by atoms with Crippen LogP contribution in [-0.2, 0) is 6.54 Å². The topological polar surface area (TPSA) is 97.2 Å². The van der Waals surface area contributed by atoms with E-state index in [1.807, 2.05) is 17.0 Å². The van der Waals surface area contributed by atoms with Crippen LogP contribution in [0.15, 0.2) is 65.8 Å². The lowest BCUT2D eigenvalue weighted by Crippen LogP contribution is -2.49. The maximum absolute atomic E-state index is 13.1. The highest BCUT2D eigenvalue weighted by Crippen LogP contribution is 2.35. The molecule has 0 radical (unpaired) electrons. The quantitative estimate of drug-likeness (QED) is 0.707. The number of nitrogens with one attached hydrogen (secondary N) is 1. The Balaban J connectivity index is 1.39. The fourth-order valence-corrected chi connectivity index (χ4v) is 4.56. The molecule has 2 aliphatic rings. The van der Waals surface area contributed by atoms with Crippen LogP contribution in [0.5, 0.6) is 0 Å². The second-order valence-electron chi connectivity index (χ2n) is 8.00. The Morgan fingerprint density at radius 1 is 0.968 bits per heavy atom. The van der Waals surface area contributed by atoms with Crippen LogP contribution in [0, 0.1) is 5.92 Å². The maximum atomic E-state index is 13.1. The fraction of sp³-hybridized carbons (Fsp3) is 0.261. The van der Waals surface area contributed by atoms with E-state index in [0.717, 1.165) is 12.1 Å². The molecule has 3 aromatic heterocycles. The van der Waals surface area contributed by atoms with E-state index in [1.54, 1.807) is 41.1 Å². The van der Waals surface area contributed by atoms with Crippen LogP contribution in [0.25, 0.3) is 0 Å². The number of pyridine rings is 3. The first kappa shape index (κ1) is 19.2. The minimum absolute atomic E-state index is 0.0765. The lowest BCUT2D eigenvalue weighted by Gasteiger charge is -2.42. The molecule has 3 aromatic rings. The molecule has 8 heteroatoms. The van der Waals surface area contributed by atoms with E-state index >= 15 is 0 Å². The average Bonchev–Trinajstić information content (AvgIpc) is 2.81. The predicted molar refractivity (Wildman–Crippen MR) is 114 cm³/mol. The Kier molecular flexibility index (Phi) is 4.82. The predicted octanol–water partition coefficient (Wildman–Crippen LogP) is 2.15. The molecule has 2 aliphatic heterocycles. The van der Waals surface area contributed by atoms with Crippen LogP contribution in [0.1, 0.15) is 38.9 Å². The highest BCUT2D eigenvalue weighted by molar-refractivity contribution is 6.04. The number of carbonyl (C=O) groups excluding carboxylic acids is 2. The molecule has 1 N–H and O–H groups in total. The molecule has 0 unspecified atom stereocenters. The van der Waals surface area contributed by atoms with Gasteiger partial charge in [-0.1, -0.05) is 6.07 Å². The highest BCUT2D eigenvalue weighted by Gasteiger charge is 2.37. The van der Waals surface area contributed by atoms with E-state index in [9.17, 15) is 14.4 Å². The molecule has 1 fully saturated rings. The normalized spacial score (nSPS) is 19.4. The lowest BCUT2D eigenvalue weighted by atomic mass is 9.83. The van der Waals surface area contributed by atoms with Gasteiger partial charge in [-0.2, -0.15) is 0 Å². The molecular formula is C23H21N5O3. The molecule has 5 heterocycles. The first-order chi connectivity index (χ1) is 15.1. The summed E-state index contributed by atoms with van der Waals surface area (Å²) in [7, 11) is 0. The molecule has 0 aliphatic carbocycles. The van der Waals surface area contributed by atoms with Gasteiger partial charge in [0.25, 0.3) is 17.4 Å². The second kappa shape index (κ2) is 7.79. The highest BCUT2D eigenvalue weighted by atomic mass is 16.2. The number of carbonyl (C=O) groups is 2. The van der Waals surface area contributed by atoms with Crippen molar-refractivity contribution in [3.63, 3.8) is 0 Å². The van der Waals surface area contributed by atoms with Crippen LogP contribution < -0.4 is 10.9 Å². The Morgan fingerprint density at radius 2 is 1.81 bits per heavy atom. The first-order valence-electron chi connectivity index (χ1n) is 10.3. The summed E-state index contributed by atoms with van der Waals surface area (Å²) in [5, 5.41) is 2.72. The van der Waals surface area contributed by atoms with Gasteiger partial charge in [-0.05, 0) is 48.7 Å². The van der Waals surface area contributed by atoms with E-state index in [2.05, 4.69) is 15.3 Å². The van der Waals surface area contributed by atoms with E-state index in [4.69, 9.17) is 0 Å². The van der Waals surface area contributed by atoms with Gasteiger partial charge in [-0.3, -0.25) is 24.4 Å². The summed E-state index contributed by atoms with van der Waals surface area (Å²) >= 11 is 0. The Labute approximate surface area is 178 Å². The molecule has 156 valence electrons. The van der Waals surface area contributed by atoms with Gasteiger partial charge < -0.3 is 14.8 Å². The zero-order valence-corrected chi connectivity index (χ0v) is 16.8. The van der Waals surface area contributed by atoms with Crippen molar-refractivity contribution >= 4 is 17.5 Å². The molecule has 0 spiro atoms. The smallest absolute Gasteiger partial charge is 0.274 e. The standard InChI is InChI=1S/C23H21N5O3/c29-21(16-6-9-24-10-7-16)26-19-4-5-20-17-11-15(13-28(20)23(19)31)12-27(14-17)22(30)18-3-1-2-8-25-18/h1-10,15,17H,11-14H2,(H,26,29)/t15-,17-/m1/s1. The third-order valence-corrected chi connectivity index (χ3v) is 5.97. The van der Waals surface area contributed by atoms with Crippen molar-refractivity contribution in [3.8, 4) is 0 Å². The number of anilines is 1. The van der Waals surface area contributed by atoms with Crippen molar-refractivity contribution in [2.45, 2.75) is 18.9 Å². The number of piperidine rings is 1. The van der Waals surface area contributed by atoms with Gasteiger partial charge >= 0.3 is 0 Å². The maximum Gasteiger partial charge on any atom is 0.274 e. The molecule has 2 atom stereocenters. The second-order valence-corrected chi connectivity index (χ2v) is 8.00. The molecule has 2 bridgehead atoms. The minimum atomic E-state index is -0.344. The van der Waals surface area contributed by atoms with Crippen molar-refractivity contribution in [1.82, 2.24) is 19.4 Å². The van der Waals surface area contributed by atoms with Gasteiger partial charge in [0.05, 0.1) is 0 Å². The van der Waals surface area contributed by atoms with Crippen LogP contribution in [-0.4, -0.2) is 44.3 Å². The number of fused-ring (bicyclic) bond motifs is 4. The van der Waals surface area contributed by atoms with E-state index in [1.165, 1.54) is 12.4 Å². The van der Waals surface area contributed by atoms with Gasteiger partial charge in [0.15, 0.2) is 0 Å². The zero-order chi connectivity index (χ0) is 21.4. The largest absolute Gasteiger partial charge is 0.336 e.